The zero-order valence-corrected chi connectivity index (χ0v) is 17.3. The van der Waals surface area contributed by atoms with Crippen LogP contribution in [0.4, 0.5) is 23.4 Å². The second kappa shape index (κ2) is 8.43. The van der Waals surface area contributed by atoms with Gasteiger partial charge in [0.05, 0.1) is 12.6 Å². The van der Waals surface area contributed by atoms with Crippen molar-refractivity contribution in [2.75, 3.05) is 48.4 Å². The molecule has 4 aromatic rings. The first-order valence-electron chi connectivity index (χ1n) is 10.2. The van der Waals surface area contributed by atoms with E-state index in [9.17, 15) is 0 Å². The molecule has 156 valence electrons. The van der Waals surface area contributed by atoms with Crippen molar-refractivity contribution in [2.45, 2.75) is 0 Å². The van der Waals surface area contributed by atoms with Gasteiger partial charge in [0.2, 0.25) is 11.9 Å². The smallest absolute Gasteiger partial charge is 0.228 e. The number of para-hydroxylation sites is 1. The summed E-state index contributed by atoms with van der Waals surface area (Å²) in [7, 11) is 1.66. The summed E-state index contributed by atoms with van der Waals surface area (Å²) < 4.78 is 5.26. The van der Waals surface area contributed by atoms with E-state index in [4.69, 9.17) is 14.7 Å². The van der Waals surface area contributed by atoms with Crippen LogP contribution in [-0.4, -0.2) is 53.2 Å². The molecule has 0 bridgehead atoms. The van der Waals surface area contributed by atoms with Gasteiger partial charge in [0.15, 0.2) is 0 Å². The maximum Gasteiger partial charge on any atom is 0.228 e. The number of ether oxygens (including phenoxy) is 1. The Balaban J connectivity index is 1.40. The quantitative estimate of drug-likeness (QED) is 0.533. The van der Waals surface area contributed by atoms with Gasteiger partial charge in [0.1, 0.15) is 11.6 Å². The lowest BCUT2D eigenvalue weighted by Gasteiger charge is -2.34. The van der Waals surface area contributed by atoms with Gasteiger partial charge in [-0.2, -0.15) is 4.98 Å². The van der Waals surface area contributed by atoms with E-state index in [1.54, 1.807) is 19.5 Å². The second-order valence-corrected chi connectivity index (χ2v) is 7.27. The van der Waals surface area contributed by atoms with E-state index in [0.29, 0.717) is 0 Å². The van der Waals surface area contributed by atoms with Gasteiger partial charge in [0.25, 0.3) is 0 Å². The van der Waals surface area contributed by atoms with E-state index < -0.39 is 0 Å². The van der Waals surface area contributed by atoms with Gasteiger partial charge in [-0.1, -0.05) is 12.1 Å². The lowest BCUT2D eigenvalue weighted by atomic mass is 10.2. The highest BCUT2D eigenvalue weighted by Gasteiger charge is 2.22. The van der Waals surface area contributed by atoms with Gasteiger partial charge in [-0.25, -0.2) is 15.0 Å². The Labute approximate surface area is 180 Å². The molecule has 0 unspecified atom stereocenters. The summed E-state index contributed by atoms with van der Waals surface area (Å²) in [6, 6.07) is 17.7. The van der Waals surface area contributed by atoms with Crippen LogP contribution in [0, 0.1) is 0 Å². The lowest BCUT2D eigenvalue weighted by Crippen LogP contribution is -2.47. The van der Waals surface area contributed by atoms with Crippen molar-refractivity contribution in [3.63, 3.8) is 0 Å². The molecule has 5 rings (SSSR count). The van der Waals surface area contributed by atoms with Crippen LogP contribution in [0.1, 0.15) is 0 Å². The molecule has 0 saturated carbocycles. The molecule has 0 spiro atoms. The molecule has 3 heterocycles. The standard InChI is InChI=1S/C23H23N7O/c1-31-18-9-7-17(8-10-18)26-21-19-5-2-3-6-20(19)27-23(28-21)30-15-13-29(14-16-30)22-24-11-4-12-25-22/h2-12H,13-16H2,1H3,(H,26,27,28). The topological polar surface area (TPSA) is 79.3 Å². The van der Waals surface area contributed by atoms with Crippen LogP contribution in [0.25, 0.3) is 10.9 Å². The van der Waals surface area contributed by atoms with Crippen LogP contribution in [0.3, 0.4) is 0 Å². The summed E-state index contributed by atoms with van der Waals surface area (Å²) in [6.07, 6.45) is 3.55. The van der Waals surface area contributed by atoms with Crippen molar-refractivity contribution in [3.05, 3.63) is 67.0 Å². The number of nitrogens with one attached hydrogen (secondary N) is 1. The average molecular weight is 413 g/mol. The molecule has 1 N–H and O–H groups in total. The SMILES string of the molecule is COc1ccc(Nc2nc(N3CCN(c4ncccn4)CC3)nc3ccccc23)cc1. The van der Waals surface area contributed by atoms with E-state index in [2.05, 4.69) is 25.1 Å². The van der Waals surface area contributed by atoms with Crippen LogP contribution in [0.5, 0.6) is 5.75 Å². The summed E-state index contributed by atoms with van der Waals surface area (Å²) in [5.41, 5.74) is 1.86. The number of hydrogen-bond donors (Lipinski definition) is 1. The number of rotatable bonds is 5. The summed E-state index contributed by atoms with van der Waals surface area (Å²) >= 11 is 0. The first kappa shape index (κ1) is 19.0. The third kappa shape index (κ3) is 4.05. The third-order valence-electron chi connectivity index (χ3n) is 5.34. The van der Waals surface area contributed by atoms with Gasteiger partial charge in [-0.05, 0) is 42.5 Å². The molecule has 1 fully saturated rings. The van der Waals surface area contributed by atoms with Gasteiger partial charge in [-0.3, -0.25) is 0 Å². The number of benzene rings is 2. The Hall–Kier alpha value is -3.94. The van der Waals surface area contributed by atoms with Crippen LogP contribution in [0.2, 0.25) is 0 Å². The molecular weight excluding hydrogens is 390 g/mol. The number of methoxy groups -OCH3 is 1. The fraction of sp³-hybridized carbons (Fsp3) is 0.217. The van der Waals surface area contributed by atoms with Crippen LogP contribution < -0.4 is 19.9 Å². The lowest BCUT2D eigenvalue weighted by molar-refractivity contribution is 0.415. The molecule has 1 saturated heterocycles. The molecule has 1 aliphatic heterocycles. The van der Waals surface area contributed by atoms with E-state index in [0.717, 1.165) is 66.2 Å². The summed E-state index contributed by atoms with van der Waals surface area (Å²) in [4.78, 5) is 22.8. The fourth-order valence-corrected chi connectivity index (χ4v) is 3.67. The largest absolute Gasteiger partial charge is 0.497 e. The van der Waals surface area contributed by atoms with Gasteiger partial charge in [-0.15, -0.1) is 0 Å². The molecular formula is C23H23N7O. The van der Waals surface area contributed by atoms with Crippen LogP contribution in [-0.2, 0) is 0 Å². The zero-order valence-electron chi connectivity index (χ0n) is 17.3. The molecule has 8 nitrogen and oxygen atoms in total. The average Bonchev–Trinajstić information content (AvgIpc) is 2.85. The Bertz CT molecular complexity index is 1160. The Morgan fingerprint density at radius 1 is 0.774 bits per heavy atom. The molecule has 0 amide bonds. The second-order valence-electron chi connectivity index (χ2n) is 7.27. The monoisotopic (exact) mass is 413 g/mol. The van der Waals surface area contributed by atoms with Gasteiger partial charge in [0, 0.05) is 49.6 Å². The first-order valence-corrected chi connectivity index (χ1v) is 10.2. The molecule has 0 radical (unpaired) electrons. The van der Waals surface area contributed by atoms with Crippen LogP contribution >= 0.6 is 0 Å². The van der Waals surface area contributed by atoms with E-state index >= 15 is 0 Å². The van der Waals surface area contributed by atoms with Gasteiger partial charge < -0.3 is 19.9 Å². The highest BCUT2D eigenvalue weighted by atomic mass is 16.5. The van der Waals surface area contributed by atoms with Gasteiger partial charge >= 0.3 is 0 Å². The van der Waals surface area contributed by atoms with Crippen molar-refractivity contribution < 1.29 is 4.74 Å². The predicted octanol–water partition coefficient (Wildman–Crippen LogP) is 3.50. The highest BCUT2D eigenvalue weighted by molar-refractivity contribution is 5.91. The van der Waals surface area contributed by atoms with Crippen molar-refractivity contribution >= 4 is 34.3 Å². The number of hydrogen-bond acceptors (Lipinski definition) is 8. The van der Waals surface area contributed by atoms with Crippen LogP contribution in [0.15, 0.2) is 67.0 Å². The Morgan fingerprint density at radius 2 is 1.45 bits per heavy atom. The summed E-state index contributed by atoms with van der Waals surface area (Å²) in [5.74, 6) is 3.10. The molecule has 2 aromatic carbocycles. The number of piperazine rings is 1. The fourth-order valence-electron chi connectivity index (χ4n) is 3.67. The van der Waals surface area contributed by atoms with Crippen molar-refractivity contribution in [1.29, 1.82) is 0 Å². The van der Waals surface area contributed by atoms with E-state index in [1.165, 1.54) is 0 Å². The minimum atomic E-state index is 0.725. The van der Waals surface area contributed by atoms with Crippen molar-refractivity contribution in [2.24, 2.45) is 0 Å². The zero-order chi connectivity index (χ0) is 21.0. The molecule has 0 aliphatic carbocycles. The molecule has 8 heteroatoms. The van der Waals surface area contributed by atoms with E-state index in [1.807, 2.05) is 54.6 Å². The first-order chi connectivity index (χ1) is 15.3. The maximum atomic E-state index is 5.26. The minimum absolute atomic E-state index is 0.725. The molecule has 1 aliphatic rings. The highest BCUT2D eigenvalue weighted by Crippen LogP contribution is 2.27. The molecule has 0 atom stereocenters. The summed E-state index contributed by atoms with van der Waals surface area (Å²) in [6.45, 7) is 3.25. The molecule has 31 heavy (non-hydrogen) atoms. The number of anilines is 4. The van der Waals surface area contributed by atoms with Crippen molar-refractivity contribution in [1.82, 2.24) is 19.9 Å². The minimum Gasteiger partial charge on any atom is -0.497 e. The van der Waals surface area contributed by atoms with E-state index in [-0.39, 0.29) is 0 Å². The predicted molar refractivity (Wildman–Crippen MR) is 122 cm³/mol. The Kier molecular flexibility index (Phi) is 5.18. The maximum absolute atomic E-state index is 5.26. The molecule has 2 aromatic heterocycles. The number of nitrogens with zero attached hydrogens (tertiary/aromatic N) is 6. The van der Waals surface area contributed by atoms with Crippen molar-refractivity contribution in [3.8, 4) is 5.75 Å². The normalized spacial score (nSPS) is 14.0. The third-order valence-corrected chi connectivity index (χ3v) is 5.34. The number of fused-ring (bicyclic) bond motifs is 1. The summed E-state index contributed by atoms with van der Waals surface area (Å²) in [5, 5.41) is 4.43. The Morgan fingerprint density at radius 3 is 2.16 bits per heavy atom. The number of aromatic nitrogens is 4.